The minimum Gasteiger partial charge on any atom is -0.459 e. The molecule has 22 nitrogen and oxygen atoms in total. The van der Waals surface area contributed by atoms with Crippen molar-refractivity contribution in [2.45, 2.75) is 347 Å². The third kappa shape index (κ3) is 21.1. The quantitative estimate of drug-likeness (QED) is 0.0146. The molecule has 8 heterocycles. The van der Waals surface area contributed by atoms with Crippen molar-refractivity contribution >= 4 is 79.0 Å². The van der Waals surface area contributed by atoms with Crippen LogP contribution >= 0.6 is 43.2 Å². The second-order valence-electron chi connectivity index (χ2n) is 43.5. The Morgan fingerprint density at radius 1 is 0.406 bits per heavy atom. The monoisotopic (exact) mass is 1860 g/mol. The number of aliphatic hydroxyl groups excluding tert-OH is 6. The Morgan fingerprint density at radius 3 is 1.04 bits per heavy atom. The fourth-order valence-corrected chi connectivity index (χ4v) is 33.1. The highest BCUT2D eigenvalue weighted by atomic mass is 33.1. The molecule has 8 aliphatic heterocycles. The van der Waals surface area contributed by atoms with Gasteiger partial charge in [-0.15, -0.1) is 0 Å². The van der Waals surface area contributed by atoms with Gasteiger partial charge in [0.25, 0.3) is 0 Å². The molecule has 0 aromatic heterocycles. The molecule has 26 heteroatoms. The zero-order chi connectivity index (χ0) is 92.5. The van der Waals surface area contributed by atoms with E-state index in [4.69, 9.17) is 47.4 Å². The van der Waals surface area contributed by atoms with Gasteiger partial charge in [0.1, 0.15) is 38.6 Å². The Labute approximate surface area is 777 Å². The summed E-state index contributed by atoms with van der Waals surface area (Å²) in [7, 11) is 7.82. The second-order valence-corrected chi connectivity index (χ2v) is 49.0. The lowest BCUT2D eigenvalue weighted by molar-refractivity contribution is -0.344. The Morgan fingerprint density at radius 2 is 0.719 bits per heavy atom. The average molecular weight is 1860 g/mol. The number of carbonyl (C=O) groups excluding carboxylic acids is 6. The first-order valence-corrected chi connectivity index (χ1v) is 53.0. The third-order valence-corrected chi connectivity index (χ3v) is 40.8. The highest BCUT2D eigenvalue weighted by Crippen LogP contribution is 2.68. The molecule has 0 aromatic rings. The van der Waals surface area contributed by atoms with Crippen LogP contribution in [0, 0.1) is 90.7 Å². The lowest BCUT2D eigenvalue weighted by Crippen LogP contribution is -2.62. The summed E-state index contributed by atoms with van der Waals surface area (Å²) in [6, 6.07) is 0. The van der Waals surface area contributed by atoms with Crippen molar-refractivity contribution < 1.29 is 107 Å². The van der Waals surface area contributed by atoms with Crippen LogP contribution in [0.3, 0.4) is 0 Å². The average Bonchev–Trinajstić information content (AvgIpc) is 0.757. The molecule has 16 rings (SSSR count). The van der Waals surface area contributed by atoms with Crippen LogP contribution in [0.1, 0.15) is 276 Å². The number of ether oxygens (including phenoxy) is 10. The number of fused-ring (bicyclic) bond motifs is 8. The fraction of sp³-hybridized carbons (Fsp3) is 0.784. The molecular weight excluding hydrogens is 1710 g/mol. The molecule has 16 fully saturated rings. The maximum absolute atomic E-state index is 12.6. The van der Waals surface area contributed by atoms with Gasteiger partial charge in [-0.05, 0) is 264 Å². The number of esters is 6. The molecule has 0 radical (unpaired) electrons. The van der Waals surface area contributed by atoms with Gasteiger partial charge in [-0.1, -0.05) is 184 Å². The van der Waals surface area contributed by atoms with E-state index in [0.717, 1.165) is 158 Å². The van der Waals surface area contributed by atoms with E-state index in [1.165, 1.54) is 35.5 Å². The van der Waals surface area contributed by atoms with Crippen LogP contribution in [-0.4, -0.2) is 202 Å². The number of allylic oxidation sites excluding steroid dienone is 8. The van der Waals surface area contributed by atoms with Gasteiger partial charge in [-0.3, -0.25) is 9.59 Å². The Bertz CT molecular complexity index is 4200. The normalized spacial score (nSPS) is 42.9. The smallest absolute Gasteiger partial charge is 0.337 e. The topological polar surface area (TPSA) is 316 Å². The molecular formula is C102H152O22S4. The highest BCUT2D eigenvalue weighted by molar-refractivity contribution is 8.77. The van der Waals surface area contributed by atoms with Gasteiger partial charge in [0.2, 0.25) is 0 Å². The molecule has 0 aromatic carbocycles. The van der Waals surface area contributed by atoms with Crippen LogP contribution in [0.2, 0.25) is 0 Å². The molecule has 8 saturated carbocycles. The van der Waals surface area contributed by atoms with Crippen molar-refractivity contribution in [3.63, 3.8) is 0 Å². The summed E-state index contributed by atoms with van der Waals surface area (Å²) in [6.07, 6.45) is 30.8. The van der Waals surface area contributed by atoms with Crippen molar-refractivity contribution in [2.24, 2.45) is 90.7 Å². The maximum Gasteiger partial charge on any atom is 0.337 e. The zero-order valence-corrected chi connectivity index (χ0v) is 81.9. The van der Waals surface area contributed by atoms with Crippen LogP contribution in [-0.2, 0) is 76.1 Å². The van der Waals surface area contributed by atoms with Gasteiger partial charge in [0.05, 0.1) is 73.1 Å². The summed E-state index contributed by atoms with van der Waals surface area (Å²) < 4.78 is 57.0. The predicted octanol–water partition coefficient (Wildman–Crippen LogP) is 18.0. The van der Waals surface area contributed by atoms with Crippen molar-refractivity contribution in [3.05, 3.63) is 95.2 Å². The van der Waals surface area contributed by atoms with Gasteiger partial charge >= 0.3 is 35.8 Å². The third-order valence-electron chi connectivity index (χ3n) is 34.8. The van der Waals surface area contributed by atoms with E-state index in [1.54, 1.807) is 0 Å². The minimum absolute atomic E-state index is 0.0135. The van der Waals surface area contributed by atoms with Crippen molar-refractivity contribution in [3.8, 4) is 0 Å². The van der Waals surface area contributed by atoms with Gasteiger partial charge in [0.15, 0.2) is 23.8 Å². The predicted molar refractivity (Wildman–Crippen MR) is 499 cm³/mol. The molecule has 8 aliphatic carbocycles. The Hall–Kier alpha value is -4.26. The zero-order valence-electron chi connectivity index (χ0n) is 78.7. The molecule has 0 bridgehead atoms. The number of hydrogen-bond donors (Lipinski definition) is 6. The first-order valence-electron chi connectivity index (χ1n) is 48.2. The molecule has 8 saturated heterocycles. The molecule has 0 amide bonds. The SMILES string of the molecule is C=C1CCC2[C@](C)(CO)[C@H](O)CC[C@@]2(C)[C@@H]1C/C=C1/C(=O)OC[C@H]1O.C=C1CCC2[C@](C)(CO)[C@H](O)CC[C@@]2(C)[C@@H]1C/C=C1/C(=O)OC[C@H]1OC(=O)CCCCC1CCSS1.C=C1CCC2[C@]3(C)COC(C)(C)O[C@@H]3CC[C@@]2(C)[C@@H]1C/C=C1/C(=O)OC[C@H]1O.C=C1CCC2[C@]3(C)COC(C)(C)O[C@@H]3CC[C@@]2(C)[C@@H]1C/C=C1/C(=O)OC[C@H]1OC(=O)CCCCC1CCSS1. The first kappa shape index (κ1) is 101. The van der Waals surface area contributed by atoms with Crippen LogP contribution in [0.15, 0.2) is 95.2 Å². The fourth-order valence-electron chi connectivity index (χ4n) is 27.0. The van der Waals surface area contributed by atoms with Gasteiger partial charge in [-0.25, -0.2) is 19.2 Å². The van der Waals surface area contributed by atoms with E-state index in [9.17, 15) is 59.4 Å². The molecule has 26 atom stereocenters. The molecule has 0 spiro atoms. The summed E-state index contributed by atoms with van der Waals surface area (Å²) in [5.74, 6) is 1.39. The lowest BCUT2D eigenvalue weighted by atomic mass is 9.46. The number of unbranched alkanes of at least 4 members (excludes halogenated alkanes) is 2. The first-order chi connectivity index (χ1) is 60.5. The summed E-state index contributed by atoms with van der Waals surface area (Å²) in [6.45, 7) is 45.1. The number of cyclic esters (lactones) is 4. The van der Waals surface area contributed by atoms with Crippen LogP contribution in [0.25, 0.3) is 0 Å². The van der Waals surface area contributed by atoms with Gasteiger partial charge in [0, 0.05) is 56.5 Å². The highest BCUT2D eigenvalue weighted by Gasteiger charge is 2.65. The second kappa shape index (κ2) is 41.4. The maximum atomic E-state index is 12.6. The van der Waals surface area contributed by atoms with Crippen LogP contribution in [0.5, 0.6) is 0 Å². The molecule has 16 aliphatic rings. The summed E-state index contributed by atoms with van der Waals surface area (Å²) in [5.41, 5.74) is 5.30. The number of aliphatic hydroxyl groups is 6. The number of rotatable bonds is 22. The van der Waals surface area contributed by atoms with Crippen LogP contribution < -0.4 is 0 Å². The lowest BCUT2D eigenvalue weighted by Gasteiger charge is -2.63. The van der Waals surface area contributed by atoms with E-state index in [2.05, 4.69) is 67.9 Å². The van der Waals surface area contributed by atoms with Gasteiger partial charge < -0.3 is 78.0 Å². The van der Waals surface area contributed by atoms with E-state index in [0.29, 0.717) is 90.9 Å². The summed E-state index contributed by atoms with van der Waals surface area (Å²) in [4.78, 5) is 73.9. The standard InChI is InChI=1S/C31H46O6S2.C28H42O6S2.C23H34O5.C20H30O5/c1-20-10-13-25-30(4,16-14-26-31(25,5)19-35-29(2,3)37-26)23(20)12-11-22-24(18-34-28(22)33)36-27(32)9-7-6-8-21-15-17-38-39-21;1-18-8-11-23-27(2,14-12-24(30)28(23,3)17-29)21(18)10-9-20-22(16-33-26(20)32)34-25(31)7-5-4-6-19-13-15-35-36-19;1-14-6-9-18-22(4,16(14)8-7-15-17(24)12-26-20(15)25)11-10-19-23(18,5)13-27-21(2,3)28-19;1-12-4-7-16-19(2,9-8-17(23)20(16,3)11-21)14(12)6-5-13-15(22)10-25-18(13)24/h11,21,23-26H,1,6-10,12-19H2,2-5H3;9,19,21-24,29-30H,1,4-8,10-17H2,2-3H3;7,16-19,24H,1,6,8-13H2,2-5H3;5,14-17,21-23H,1,4,6-11H2,2-3H3/b22-11+;20-9+;15-7+;13-5+/t21?,23-,24-,25?,26-,30+,31+;19?,21-,22-,23?,24-,27+,28+;16-,17-,18?,19-,22+,23+;14-,15-,16?,17-,19+,20+/m1111/s1. The van der Waals surface area contributed by atoms with Gasteiger partial charge in [-0.2, -0.15) is 0 Å². The molecule has 128 heavy (non-hydrogen) atoms. The largest absolute Gasteiger partial charge is 0.459 e. The molecule has 716 valence electrons. The van der Waals surface area contributed by atoms with Crippen molar-refractivity contribution in [1.82, 2.24) is 0 Å². The Kier molecular flexibility index (Phi) is 32.7. The van der Waals surface area contributed by atoms with E-state index >= 15 is 0 Å². The summed E-state index contributed by atoms with van der Waals surface area (Å²) >= 11 is 0. The minimum atomic E-state index is -0.844. The number of hydrogen-bond acceptors (Lipinski definition) is 26. The van der Waals surface area contributed by atoms with E-state index < -0.39 is 71.0 Å². The van der Waals surface area contributed by atoms with Crippen molar-refractivity contribution in [2.75, 3.05) is 64.4 Å². The Balaban J connectivity index is 0.000000148. The summed E-state index contributed by atoms with van der Waals surface area (Å²) in [5, 5.41) is 62.8. The van der Waals surface area contributed by atoms with Crippen molar-refractivity contribution in [1.29, 1.82) is 0 Å². The molecule has 6 unspecified atom stereocenters. The van der Waals surface area contributed by atoms with Crippen LogP contribution in [0.4, 0.5) is 0 Å². The number of carbonyl (C=O) groups is 6. The van der Waals surface area contributed by atoms with E-state index in [1.807, 2.05) is 109 Å². The van der Waals surface area contributed by atoms with E-state index in [-0.39, 0.29) is 144 Å². The molecule has 6 N–H and O–H groups in total.